The van der Waals surface area contributed by atoms with Crippen molar-refractivity contribution in [2.24, 2.45) is 11.5 Å². The molecule has 4 N–H and O–H groups in total. The summed E-state index contributed by atoms with van der Waals surface area (Å²) in [6.45, 7) is 1.21. The van der Waals surface area contributed by atoms with Gasteiger partial charge in [0.1, 0.15) is 6.61 Å². The van der Waals surface area contributed by atoms with E-state index < -0.39 is 28.1 Å². The molecule has 0 bridgehead atoms. The largest absolute Gasteiger partial charge is 0.445 e. The number of amides is 2. The lowest BCUT2D eigenvalue weighted by Gasteiger charge is -2.16. The molecule has 0 spiro atoms. The maximum Gasteiger partial charge on any atom is 0.405 e. The Morgan fingerprint density at radius 1 is 1.14 bits per heavy atom. The van der Waals surface area contributed by atoms with Crippen molar-refractivity contribution in [1.82, 2.24) is 0 Å². The molecule has 0 saturated heterocycles. The molecule has 8 nitrogen and oxygen atoms in total. The number of rotatable bonds is 6. The topological polar surface area (TPSA) is 139 Å². The summed E-state index contributed by atoms with van der Waals surface area (Å²) in [6, 6.07) is 5.63. The minimum atomic E-state index is -3.33. The van der Waals surface area contributed by atoms with E-state index in [1.807, 2.05) is 0 Å². The molecule has 0 aliphatic carbocycles. The van der Waals surface area contributed by atoms with Crippen molar-refractivity contribution in [1.29, 1.82) is 0 Å². The number of hydrogen-bond donors (Lipinski definition) is 2. The first-order valence-corrected chi connectivity index (χ1v) is 7.62. The van der Waals surface area contributed by atoms with Crippen LogP contribution in [0.2, 0.25) is 0 Å². The summed E-state index contributed by atoms with van der Waals surface area (Å²) >= 11 is 0. The Labute approximate surface area is 121 Å². The van der Waals surface area contributed by atoms with E-state index >= 15 is 0 Å². The van der Waals surface area contributed by atoms with Gasteiger partial charge in [0, 0.05) is 0 Å². The molecule has 1 atom stereocenters. The second-order valence-corrected chi connectivity index (χ2v) is 6.31. The molecule has 0 aliphatic rings. The van der Waals surface area contributed by atoms with Gasteiger partial charge >= 0.3 is 12.2 Å². The number of primary amides is 2. The molecule has 0 radical (unpaired) electrons. The highest BCUT2D eigenvalue weighted by Crippen LogP contribution is 2.21. The molecule has 9 heteroatoms. The van der Waals surface area contributed by atoms with Crippen molar-refractivity contribution in [2.45, 2.75) is 17.9 Å². The number of ether oxygens (including phenoxy) is 2. The van der Waals surface area contributed by atoms with Gasteiger partial charge in [-0.25, -0.2) is 18.0 Å². The molecule has 21 heavy (non-hydrogen) atoms. The van der Waals surface area contributed by atoms with Gasteiger partial charge in [0.25, 0.3) is 0 Å². The quantitative estimate of drug-likeness (QED) is 0.792. The first kappa shape index (κ1) is 16.8. The van der Waals surface area contributed by atoms with Crippen molar-refractivity contribution < 1.29 is 27.5 Å². The van der Waals surface area contributed by atoms with Gasteiger partial charge in [-0.05, 0) is 17.7 Å². The highest BCUT2D eigenvalue weighted by Gasteiger charge is 2.19. The minimum absolute atomic E-state index is 0.0294. The van der Waals surface area contributed by atoms with Crippen LogP contribution in [-0.2, 0) is 19.3 Å². The minimum Gasteiger partial charge on any atom is -0.445 e. The van der Waals surface area contributed by atoms with Crippen LogP contribution < -0.4 is 11.5 Å². The van der Waals surface area contributed by atoms with Crippen LogP contribution in [0.5, 0.6) is 0 Å². The van der Waals surface area contributed by atoms with E-state index in [1.54, 1.807) is 0 Å². The SMILES string of the molecule is CCS(=O)(=O)c1ccc([C@H](COC(N)=O)OC(N)=O)cc1. The molecule has 1 rings (SSSR count). The van der Waals surface area contributed by atoms with Crippen LogP contribution in [0, 0.1) is 0 Å². The number of hydrogen-bond acceptors (Lipinski definition) is 6. The molecule has 0 aliphatic heterocycles. The number of carbonyl (C=O) groups is 2. The van der Waals surface area contributed by atoms with Crippen LogP contribution in [0.25, 0.3) is 0 Å². The van der Waals surface area contributed by atoms with E-state index in [4.69, 9.17) is 16.2 Å². The van der Waals surface area contributed by atoms with Gasteiger partial charge in [0.15, 0.2) is 15.9 Å². The zero-order chi connectivity index (χ0) is 16.0. The van der Waals surface area contributed by atoms with Gasteiger partial charge in [-0.15, -0.1) is 0 Å². The summed E-state index contributed by atoms with van der Waals surface area (Å²) < 4.78 is 32.7. The van der Waals surface area contributed by atoms with Crippen LogP contribution in [0.4, 0.5) is 9.59 Å². The average molecular weight is 316 g/mol. The third-order valence-corrected chi connectivity index (χ3v) is 4.38. The fourth-order valence-corrected chi connectivity index (χ4v) is 2.44. The van der Waals surface area contributed by atoms with Gasteiger partial charge in [0.2, 0.25) is 0 Å². The smallest absolute Gasteiger partial charge is 0.405 e. The highest BCUT2D eigenvalue weighted by atomic mass is 32.2. The van der Waals surface area contributed by atoms with Gasteiger partial charge in [0.05, 0.1) is 10.6 Å². The lowest BCUT2D eigenvalue weighted by atomic mass is 10.1. The molecule has 1 aromatic rings. The molecule has 1 aromatic carbocycles. The zero-order valence-corrected chi connectivity index (χ0v) is 12.1. The predicted molar refractivity (Wildman–Crippen MR) is 73.1 cm³/mol. The average Bonchev–Trinajstić information content (AvgIpc) is 2.43. The molecule has 0 unspecified atom stereocenters. The Kier molecular flexibility index (Phi) is 5.53. The second kappa shape index (κ2) is 6.93. The molecule has 0 heterocycles. The lowest BCUT2D eigenvalue weighted by Crippen LogP contribution is -2.24. The molecule has 116 valence electrons. The van der Waals surface area contributed by atoms with Crippen molar-refractivity contribution in [2.75, 3.05) is 12.4 Å². The molecule has 0 aromatic heterocycles. The van der Waals surface area contributed by atoms with Crippen LogP contribution in [0.1, 0.15) is 18.6 Å². The second-order valence-electron chi connectivity index (χ2n) is 4.03. The van der Waals surface area contributed by atoms with E-state index in [9.17, 15) is 18.0 Å². The number of sulfone groups is 1. The third kappa shape index (κ3) is 4.95. The Hall–Kier alpha value is -2.29. The van der Waals surface area contributed by atoms with Crippen LogP contribution in [0.15, 0.2) is 29.2 Å². The maximum absolute atomic E-state index is 11.7. The molecular weight excluding hydrogens is 300 g/mol. The molecule has 0 saturated carbocycles. The normalized spacial score (nSPS) is 12.4. The lowest BCUT2D eigenvalue weighted by molar-refractivity contribution is 0.0512. The van der Waals surface area contributed by atoms with Crippen molar-refractivity contribution in [3.05, 3.63) is 29.8 Å². The van der Waals surface area contributed by atoms with Gasteiger partial charge in [-0.3, -0.25) is 0 Å². The summed E-state index contributed by atoms with van der Waals surface area (Å²) in [5.41, 5.74) is 10.2. The Morgan fingerprint density at radius 3 is 2.14 bits per heavy atom. The first-order chi connectivity index (χ1) is 9.76. The number of benzene rings is 1. The van der Waals surface area contributed by atoms with E-state index in [-0.39, 0.29) is 17.3 Å². The zero-order valence-electron chi connectivity index (χ0n) is 11.3. The summed E-state index contributed by atoms with van der Waals surface area (Å²) in [7, 11) is -3.33. The summed E-state index contributed by atoms with van der Waals surface area (Å²) in [5.74, 6) is -0.0294. The van der Waals surface area contributed by atoms with Crippen LogP contribution in [-0.4, -0.2) is 33.0 Å². The van der Waals surface area contributed by atoms with Gasteiger partial charge in [-0.1, -0.05) is 19.1 Å². The predicted octanol–water partition coefficient (Wildman–Crippen LogP) is 0.712. The van der Waals surface area contributed by atoms with Gasteiger partial charge in [-0.2, -0.15) is 0 Å². The summed E-state index contributed by atoms with van der Waals surface area (Å²) in [6.07, 6.45) is -3.05. The standard InChI is InChI=1S/C12H16N2O6S/c1-2-21(17,18)9-5-3-8(4-6-9)10(20-12(14)16)7-19-11(13)15/h3-6,10H,2,7H2,1H3,(H2,13,15)(H2,14,16)/t10-/m0/s1. The third-order valence-electron chi connectivity index (χ3n) is 2.63. The van der Waals surface area contributed by atoms with E-state index in [1.165, 1.54) is 31.2 Å². The fraction of sp³-hybridized carbons (Fsp3) is 0.333. The maximum atomic E-state index is 11.7. The summed E-state index contributed by atoms with van der Waals surface area (Å²) in [4.78, 5) is 21.6. The Morgan fingerprint density at radius 2 is 1.71 bits per heavy atom. The van der Waals surface area contributed by atoms with E-state index in [0.29, 0.717) is 5.56 Å². The van der Waals surface area contributed by atoms with Gasteiger partial charge < -0.3 is 20.9 Å². The highest BCUT2D eigenvalue weighted by molar-refractivity contribution is 7.91. The summed E-state index contributed by atoms with van der Waals surface area (Å²) in [5, 5.41) is 0. The van der Waals surface area contributed by atoms with Crippen molar-refractivity contribution in [3.63, 3.8) is 0 Å². The van der Waals surface area contributed by atoms with Crippen molar-refractivity contribution in [3.8, 4) is 0 Å². The van der Waals surface area contributed by atoms with Crippen molar-refractivity contribution >= 4 is 22.0 Å². The van der Waals surface area contributed by atoms with Crippen LogP contribution in [0.3, 0.4) is 0 Å². The Balaban J connectivity index is 2.97. The fourth-order valence-electron chi connectivity index (χ4n) is 1.55. The molecular formula is C12H16N2O6S. The molecule has 0 fully saturated rings. The van der Waals surface area contributed by atoms with E-state index in [2.05, 4.69) is 4.74 Å². The Bertz CT molecular complexity index is 611. The molecule has 2 amide bonds. The van der Waals surface area contributed by atoms with Crippen LogP contribution >= 0.6 is 0 Å². The number of nitrogens with two attached hydrogens (primary N) is 2. The first-order valence-electron chi connectivity index (χ1n) is 5.97. The number of carbonyl (C=O) groups excluding carboxylic acids is 2. The van der Waals surface area contributed by atoms with E-state index in [0.717, 1.165) is 0 Å². The monoisotopic (exact) mass is 316 g/mol.